The Morgan fingerprint density at radius 1 is 1.06 bits per heavy atom. The normalized spacial score (nSPS) is 17.5. The van der Waals surface area contributed by atoms with Gasteiger partial charge in [-0.1, -0.05) is 30.3 Å². The molecule has 3 aromatic rings. The molecule has 2 unspecified atom stereocenters. The first kappa shape index (κ1) is 22.6. The number of benzene rings is 2. The van der Waals surface area contributed by atoms with Crippen molar-refractivity contribution in [3.05, 3.63) is 89.7 Å². The largest absolute Gasteiger partial charge is 0.416 e. The standard InChI is InChI=1S/C22H16F3N3O4S/c23-22(24,25)18-12-15(32-33(30)31)9-10-16(18)17-13-20(19-8-4-5-11-26-19)27-28(21(17)29)14-6-2-1-3-7-14/h1-12,17H,13H2,(H,30,31). The molecule has 1 aliphatic heterocycles. The highest BCUT2D eigenvalue weighted by molar-refractivity contribution is 7.74. The molecule has 0 aliphatic carbocycles. The summed E-state index contributed by atoms with van der Waals surface area (Å²) in [5.74, 6) is -2.33. The van der Waals surface area contributed by atoms with E-state index in [1.165, 1.54) is 6.20 Å². The van der Waals surface area contributed by atoms with E-state index in [4.69, 9.17) is 4.55 Å². The Hall–Kier alpha value is -3.57. The van der Waals surface area contributed by atoms with Crippen molar-refractivity contribution < 1.29 is 30.9 Å². The minimum Gasteiger partial charge on any atom is -0.380 e. The van der Waals surface area contributed by atoms with Crippen molar-refractivity contribution >= 4 is 28.7 Å². The Kier molecular flexibility index (Phi) is 6.25. The van der Waals surface area contributed by atoms with Crippen LogP contribution in [0.4, 0.5) is 18.9 Å². The van der Waals surface area contributed by atoms with Crippen LogP contribution in [-0.2, 0) is 22.3 Å². The van der Waals surface area contributed by atoms with Crippen molar-refractivity contribution in [2.75, 3.05) is 5.01 Å². The number of alkyl halides is 3. The molecule has 2 heterocycles. The lowest BCUT2D eigenvalue weighted by Gasteiger charge is -2.31. The summed E-state index contributed by atoms with van der Waals surface area (Å²) in [6, 6.07) is 16.2. The highest BCUT2D eigenvalue weighted by Gasteiger charge is 2.41. The van der Waals surface area contributed by atoms with Gasteiger partial charge in [0.25, 0.3) is 5.91 Å². The van der Waals surface area contributed by atoms with E-state index in [-0.39, 0.29) is 12.0 Å². The summed E-state index contributed by atoms with van der Waals surface area (Å²) in [6.45, 7) is 0. The van der Waals surface area contributed by atoms with Crippen LogP contribution in [0.5, 0.6) is 5.75 Å². The number of nitrogens with zero attached hydrogens (tertiary/aromatic N) is 3. The summed E-state index contributed by atoms with van der Waals surface area (Å²) in [4.78, 5) is 17.6. The first-order valence-electron chi connectivity index (χ1n) is 9.62. The fourth-order valence-electron chi connectivity index (χ4n) is 3.54. The molecule has 33 heavy (non-hydrogen) atoms. The molecule has 7 nitrogen and oxygen atoms in total. The molecule has 11 heteroatoms. The monoisotopic (exact) mass is 475 g/mol. The predicted octanol–water partition coefficient (Wildman–Crippen LogP) is 4.54. The number of rotatable bonds is 5. The van der Waals surface area contributed by atoms with Crippen LogP contribution in [0.3, 0.4) is 0 Å². The fourth-order valence-corrected chi connectivity index (χ4v) is 3.81. The second-order valence-electron chi connectivity index (χ2n) is 7.05. The number of para-hydroxylation sites is 1. The zero-order valence-corrected chi connectivity index (χ0v) is 17.6. The second-order valence-corrected chi connectivity index (χ2v) is 7.65. The maximum atomic E-state index is 13.9. The van der Waals surface area contributed by atoms with Crippen LogP contribution in [0.1, 0.15) is 29.2 Å². The zero-order valence-electron chi connectivity index (χ0n) is 16.8. The van der Waals surface area contributed by atoms with Gasteiger partial charge in [0.15, 0.2) is 0 Å². The summed E-state index contributed by atoms with van der Waals surface area (Å²) < 4.78 is 66.0. The highest BCUT2D eigenvalue weighted by Crippen LogP contribution is 2.41. The molecule has 0 saturated heterocycles. The van der Waals surface area contributed by atoms with Gasteiger partial charge in [-0.25, -0.2) is 0 Å². The smallest absolute Gasteiger partial charge is 0.380 e. The average molecular weight is 475 g/mol. The molecule has 1 aromatic heterocycles. The lowest BCUT2D eigenvalue weighted by Crippen LogP contribution is -2.38. The molecule has 2 aromatic carbocycles. The molecule has 0 bridgehead atoms. The first-order valence-corrected chi connectivity index (χ1v) is 10.7. The minimum absolute atomic E-state index is 0.117. The van der Waals surface area contributed by atoms with Crippen molar-refractivity contribution in [3.63, 3.8) is 0 Å². The van der Waals surface area contributed by atoms with Gasteiger partial charge < -0.3 is 4.18 Å². The van der Waals surface area contributed by atoms with Gasteiger partial charge in [0.1, 0.15) is 5.75 Å². The number of hydrogen-bond acceptors (Lipinski definition) is 5. The molecule has 1 aliphatic rings. The van der Waals surface area contributed by atoms with Crippen LogP contribution in [0.15, 0.2) is 78.0 Å². The first-order chi connectivity index (χ1) is 15.7. The Morgan fingerprint density at radius 3 is 2.42 bits per heavy atom. The number of carbonyl (C=O) groups is 1. The van der Waals surface area contributed by atoms with E-state index in [0.29, 0.717) is 23.2 Å². The maximum absolute atomic E-state index is 13.9. The molecule has 0 radical (unpaired) electrons. The van der Waals surface area contributed by atoms with Crippen molar-refractivity contribution in [2.24, 2.45) is 5.10 Å². The van der Waals surface area contributed by atoms with Crippen molar-refractivity contribution in [1.82, 2.24) is 4.98 Å². The minimum atomic E-state index is -4.84. The molecule has 4 rings (SSSR count). The van der Waals surface area contributed by atoms with Crippen LogP contribution >= 0.6 is 0 Å². The van der Waals surface area contributed by atoms with Crippen molar-refractivity contribution in [3.8, 4) is 5.75 Å². The van der Waals surface area contributed by atoms with Gasteiger partial charge in [-0.05, 0) is 42.0 Å². The predicted molar refractivity (Wildman–Crippen MR) is 115 cm³/mol. The number of hydrazone groups is 1. The molecular weight excluding hydrogens is 459 g/mol. The lowest BCUT2D eigenvalue weighted by atomic mass is 9.86. The maximum Gasteiger partial charge on any atom is 0.416 e. The molecule has 2 atom stereocenters. The Balaban J connectivity index is 1.84. The zero-order chi connectivity index (χ0) is 23.6. The number of anilines is 1. The van der Waals surface area contributed by atoms with Gasteiger partial charge in [-0.15, -0.1) is 0 Å². The number of amides is 1. The molecule has 0 spiro atoms. The van der Waals surface area contributed by atoms with E-state index in [1.807, 2.05) is 0 Å². The summed E-state index contributed by atoms with van der Waals surface area (Å²) in [6.07, 6.45) is -3.43. The highest BCUT2D eigenvalue weighted by atomic mass is 32.2. The molecule has 1 amide bonds. The number of pyridine rings is 1. The van der Waals surface area contributed by atoms with E-state index in [9.17, 15) is 22.2 Å². The van der Waals surface area contributed by atoms with E-state index >= 15 is 0 Å². The molecular formula is C22H16F3N3O4S. The molecule has 0 fully saturated rings. The van der Waals surface area contributed by atoms with Gasteiger partial charge in [0, 0.05) is 12.6 Å². The second kappa shape index (κ2) is 9.12. The average Bonchev–Trinajstić information content (AvgIpc) is 2.79. The topological polar surface area (TPSA) is 92.1 Å². The molecule has 0 saturated carbocycles. The van der Waals surface area contributed by atoms with Crippen LogP contribution in [0, 0.1) is 0 Å². The fraction of sp³-hybridized carbons (Fsp3) is 0.136. The quantitative estimate of drug-likeness (QED) is 0.547. The van der Waals surface area contributed by atoms with Crippen LogP contribution < -0.4 is 9.19 Å². The Labute approximate surface area is 189 Å². The summed E-state index contributed by atoms with van der Waals surface area (Å²) in [5, 5.41) is 5.46. The van der Waals surface area contributed by atoms with E-state index in [2.05, 4.69) is 14.3 Å². The summed E-state index contributed by atoms with van der Waals surface area (Å²) in [7, 11) is 0. The lowest BCUT2D eigenvalue weighted by molar-refractivity contribution is -0.138. The molecule has 1 N–H and O–H groups in total. The van der Waals surface area contributed by atoms with Gasteiger partial charge in [0.2, 0.25) is 0 Å². The van der Waals surface area contributed by atoms with E-state index in [1.54, 1.807) is 48.5 Å². The third kappa shape index (κ3) is 4.94. The van der Waals surface area contributed by atoms with Crippen LogP contribution in [0.25, 0.3) is 0 Å². The van der Waals surface area contributed by atoms with Crippen molar-refractivity contribution in [1.29, 1.82) is 0 Å². The summed E-state index contributed by atoms with van der Waals surface area (Å²) in [5.41, 5.74) is -0.272. The SMILES string of the molecule is O=C1C(c2ccc(OS(=O)O)cc2C(F)(F)F)CC(c2ccccn2)=NN1c1ccccc1. The van der Waals surface area contributed by atoms with Crippen LogP contribution in [0.2, 0.25) is 0 Å². The van der Waals surface area contributed by atoms with E-state index < -0.39 is 40.7 Å². The van der Waals surface area contributed by atoms with Crippen molar-refractivity contribution in [2.45, 2.75) is 18.5 Å². The Morgan fingerprint density at radius 2 is 1.79 bits per heavy atom. The van der Waals surface area contributed by atoms with Gasteiger partial charge in [-0.3, -0.25) is 14.3 Å². The number of hydrogen-bond donors (Lipinski definition) is 1. The third-order valence-electron chi connectivity index (χ3n) is 4.96. The molecule has 170 valence electrons. The van der Waals surface area contributed by atoms with Gasteiger partial charge in [0.05, 0.1) is 28.6 Å². The van der Waals surface area contributed by atoms with Gasteiger partial charge >= 0.3 is 17.5 Å². The third-order valence-corrected chi connectivity index (χ3v) is 5.29. The van der Waals surface area contributed by atoms with E-state index in [0.717, 1.165) is 17.1 Å². The number of halogens is 3. The number of aromatic nitrogens is 1. The number of carbonyl (C=O) groups excluding carboxylic acids is 1. The van der Waals surface area contributed by atoms with Gasteiger partial charge in [-0.2, -0.15) is 27.5 Å². The van der Waals surface area contributed by atoms with Crippen LogP contribution in [-0.4, -0.2) is 25.4 Å². The summed E-state index contributed by atoms with van der Waals surface area (Å²) >= 11 is -2.80. The Bertz CT molecular complexity index is 1220.